The lowest BCUT2D eigenvalue weighted by atomic mass is 10.2. The van der Waals surface area contributed by atoms with Gasteiger partial charge in [0.1, 0.15) is 16.2 Å². The topological polar surface area (TPSA) is 68.5 Å². The highest BCUT2D eigenvalue weighted by atomic mass is 35.5. The summed E-state index contributed by atoms with van der Waals surface area (Å²) in [5.74, 6) is -0.117. The number of aryl methyl sites for hydroxylation is 1. The molecule has 0 spiro atoms. The number of anilines is 2. The van der Waals surface area contributed by atoms with Crippen LogP contribution < -0.4 is 5.32 Å². The van der Waals surface area contributed by atoms with Gasteiger partial charge in [-0.25, -0.2) is 14.6 Å². The molecule has 0 aliphatic carbocycles. The smallest absolute Gasteiger partial charge is 0.323 e. The molecular weight excluding hydrogens is 356 g/mol. The zero-order valence-corrected chi connectivity index (χ0v) is 12.9. The highest BCUT2D eigenvalue weighted by molar-refractivity contribution is 6.34. The van der Waals surface area contributed by atoms with Crippen LogP contribution in [0.1, 0.15) is 5.56 Å². The minimum atomic E-state index is -4.62. The van der Waals surface area contributed by atoms with Crippen molar-refractivity contribution in [3.05, 3.63) is 34.1 Å². The Morgan fingerprint density at radius 1 is 1.22 bits per heavy atom. The van der Waals surface area contributed by atoms with E-state index in [1.54, 1.807) is 19.2 Å². The quantitative estimate of drug-likeness (QED) is 0.701. The minimum Gasteiger partial charge on any atom is -0.323 e. The molecule has 0 aliphatic rings. The van der Waals surface area contributed by atoms with Crippen LogP contribution in [-0.4, -0.2) is 25.0 Å². The number of hydrogen-bond acceptors (Lipinski definition) is 5. The van der Waals surface area contributed by atoms with E-state index in [1.165, 1.54) is 4.68 Å². The second kappa shape index (κ2) is 5.50. The van der Waals surface area contributed by atoms with Crippen molar-refractivity contribution < 1.29 is 13.2 Å². The molecule has 11 heteroatoms. The summed E-state index contributed by atoms with van der Waals surface area (Å²) >= 11 is 11.7. The van der Waals surface area contributed by atoms with Crippen LogP contribution in [-0.2, 0) is 13.2 Å². The average molecular weight is 363 g/mol. The first-order valence-electron chi connectivity index (χ1n) is 6.11. The van der Waals surface area contributed by atoms with Gasteiger partial charge >= 0.3 is 6.18 Å². The average Bonchev–Trinajstić information content (AvgIpc) is 2.79. The number of nitrogens with zero attached hydrogens (tertiary/aromatic N) is 5. The van der Waals surface area contributed by atoms with Crippen molar-refractivity contribution in [3.8, 4) is 0 Å². The van der Waals surface area contributed by atoms with Gasteiger partial charge in [0.15, 0.2) is 0 Å². The summed E-state index contributed by atoms with van der Waals surface area (Å²) in [6.45, 7) is 0. The van der Waals surface area contributed by atoms with Crippen LogP contribution in [0.25, 0.3) is 11.0 Å². The van der Waals surface area contributed by atoms with E-state index in [-0.39, 0.29) is 5.95 Å². The fourth-order valence-electron chi connectivity index (χ4n) is 1.88. The Bertz CT molecular complexity index is 892. The number of alkyl halides is 3. The molecule has 120 valence electrons. The number of hydrogen-bond donors (Lipinski definition) is 1. The zero-order valence-electron chi connectivity index (χ0n) is 11.4. The molecule has 3 rings (SSSR count). The third kappa shape index (κ3) is 3.02. The molecule has 0 amide bonds. The van der Waals surface area contributed by atoms with Crippen LogP contribution in [0.15, 0.2) is 18.3 Å². The van der Waals surface area contributed by atoms with Gasteiger partial charge in [0.2, 0.25) is 5.95 Å². The second-order valence-corrected chi connectivity index (χ2v) is 5.32. The summed E-state index contributed by atoms with van der Waals surface area (Å²) < 4.78 is 39.4. The van der Waals surface area contributed by atoms with E-state index in [0.717, 1.165) is 0 Å². The Hall–Kier alpha value is -2.13. The fourth-order valence-corrected chi connectivity index (χ4v) is 2.32. The molecular formula is C12H7Cl2F3N6. The lowest BCUT2D eigenvalue weighted by Crippen LogP contribution is -2.09. The molecule has 0 fully saturated rings. The number of benzene rings is 1. The van der Waals surface area contributed by atoms with Gasteiger partial charge < -0.3 is 5.32 Å². The van der Waals surface area contributed by atoms with Crippen LogP contribution in [0.4, 0.5) is 24.8 Å². The van der Waals surface area contributed by atoms with E-state index in [0.29, 0.717) is 27.9 Å². The molecule has 3 aromatic rings. The lowest BCUT2D eigenvalue weighted by Gasteiger charge is -2.10. The van der Waals surface area contributed by atoms with Crippen molar-refractivity contribution in [2.24, 2.45) is 7.05 Å². The monoisotopic (exact) mass is 362 g/mol. The molecule has 2 heterocycles. The summed E-state index contributed by atoms with van der Waals surface area (Å²) in [4.78, 5) is 7.19. The summed E-state index contributed by atoms with van der Waals surface area (Å²) in [6.07, 6.45) is -4.02. The summed E-state index contributed by atoms with van der Waals surface area (Å²) in [5, 5.41) is 10.1. The molecule has 6 nitrogen and oxygen atoms in total. The van der Waals surface area contributed by atoms with Gasteiger partial charge in [0.05, 0.1) is 16.2 Å². The Morgan fingerprint density at radius 3 is 2.61 bits per heavy atom. The van der Waals surface area contributed by atoms with Gasteiger partial charge in [-0.2, -0.15) is 13.2 Å². The largest absolute Gasteiger partial charge is 0.420 e. The molecule has 0 saturated carbocycles. The zero-order chi connectivity index (χ0) is 16.8. The summed E-state index contributed by atoms with van der Waals surface area (Å²) in [5.41, 5.74) is 0.514. The predicted molar refractivity (Wildman–Crippen MR) is 78.8 cm³/mol. The molecule has 0 bridgehead atoms. The Labute approximate surface area is 137 Å². The third-order valence-corrected chi connectivity index (χ3v) is 3.59. The maximum Gasteiger partial charge on any atom is 0.420 e. The first kappa shape index (κ1) is 15.8. The van der Waals surface area contributed by atoms with E-state index < -0.39 is 16.9 Å². The normalized spacial score (nSPS) is 11.9. The van der Waals surface area contributed by atoms with Crippen molar-refractivity contribution in [1.29, 1.82) is 0 Å². The Morgan fingerprint density at radius 2 is 1.96 bits per heavy atom. The van der Waals surface area contributed by atoms with E-state index in [9.17, 15) is 13.2 Å². The molecule has 23 heavy (non-hydrogen) atoms. The Balaban J connectivity index is 1.96. The van der Waals surface area contributed by atoms with Crippen LogP contribution in [0.5, 0.6) is 0 Å². The molecule has 0 saturated heterocycles. The molecule has 0 atom stereocenters. The van der Waals surface area contributed by atoms with Gasteiger partial charge in [-0.1, -0.05) is 28.4 Å². The summed E-state index contributed by atoms with van der Waals surface area (Å²) in [6, 6.07) is 3.20. The van der Waals surface area contributed by atoms with Crippen molar-refractivity contribution in [1.82, 2.24) is 25.0 Å². The Kier molecular flexibility index (Phi) is 3.77. The van der Waals surface area contributed by atoms with Crippen molar-refractivity contribution >= 4 is 45.9 Å². The number of aromatic nitrogens is 5. The number of rotatable bonds is 2. The van der Waals surface area contributed by atoms with Crippen LogP contribution >= 0.6 is 23.2 Å². The number of nitrogens with one attached hydrogen (secondary N) is 1. The van der Waals surface area contributed by atoms with Crippen molar-refractivity contribution in [2.75, 3.05) is 5.32 Å². The highest BCUT2D eigenvalue weighted by Crippen LogP contribution is 2.34. The van der Waals surface area contributed by atoms with Gasteiger partial charge in [0.25, 0.3) is 0 Å². The SMILES string of the molecule is Cn1nnc2cc(Nc3ncc(C(F)(F)F)c(Cl)n3)c(Cl)cc21. The van der Waals surface area contributed by atoms with Crippen LogP contribution in [0, 0.1) is 0 Å². The number of fused-ring (bicyclic) bond motifs is 1. The minimum absolute atomic E-state index is 0.117. The predicted octanol–water partition coefficient (Wildman–Crippen LogP) is 3.83. The van der Waals surface area contributed by atoms with E-state index >= 15 is 0 Å². The van der Waals surface area contributed by atoms with Crippen molar-refractivity contribution in [3.63, 3.8) is 0 Å². The second-order valence-electron chi connectivity index (χ2n) is 4.55. The summed E-state index contributed by atoms with van der Waals surface area (Å²) in [7, 11) is 1.71. The maximum atomic E-state index is 12.6. The standard InChI is InChI=1S/C12H7Cl2F3N6/c1-23-9-2-6(13)7(3-8(9)21-22-23)19-11-18-4-5(10(14)20-11)12(15,16)17/h2-4H,1H3,(H,18,19,20). The van der Waals surface area contributed by atoms with Gasteiger partial charge in [-0.3, -0.25) is 0 Å². The van der Waals surface area contributed by atoms with Crippen LogP contribution in [0.3, 0.4) is 0 Å². The fraction of sp³-hybridized carbons (Fsp3) is 0.167. The van der Waals surface area contributed by atoms with Crippen molar-refractivity contribution in [2.45, 2.75) is 6.18 Å². The molecule has 0 unspecified atom stereocenters. The first-order chi connectivity index (χ1) is 10.8. The highest BCUT2D eigenvalue weighted by Gasteiger charge is 2.34. The molecule has 1 N–H and O–H groups in total. The van der Waals surface area contributed by atoms with E-state index in [1.807, 2.05) is 0 Å². The van der Waals surface area contributed by atoms with Crippen LogP contribution in [0.2, 0.25) is 10.2 Å². The molecule has 0 aliphatic heterocycles. The molecule has 1 aromatic carbocycles. The molecule has 2 aromatic heterocycles. The lowest BCUT2D eigenvalue weighted by molar-refractivity contribution is -0.137. The van der Waals surface area contributed by atoms with Gasteiger partial charge in [-0.05, 0) is 12.1 Å². The number of halogens is 5. The maximum absolute atomic E-state index is 12.6. The third-order valence-electron chi connectivity index (χ3n) is 2.99. The van der Waals surface area contributed by atoms with E-state index in [4.69, 9.17) is 23.2 Å². The van der Waals surface area contributed by atoms with Gasteiger partial charge in [0, 0.05) is 13.2 Å². The molecule has 0 radical (unpaired) electrons. The van der Waals surface area contributed by atoms with E-state index in [2.05, 4.69) is 25.6 Å². The van der Waals surface area contributed by atoms with Gasteiger partial charge in [-0.15, -0.1) is 5.10 Å². The first-order valence-corrected chi connectivity index (χ1v) is 6.87.